The van der Waals surface area contributed by atoms with E-state index in [1.165, 1.54) is 49.5 Å². The molecule has 1 unspecified atom stereocenters. The summed E-state index contributed by atoms with van der Waals surface area (Å²) in [6.07, 6.45) is 3.32. The summed E-state index contributed by atoms with van der Waals surface area (Å²) in [5.74, 6) is 0. The Labute approximate surface area is 329 Å². The molecule has 1 atom stereocenters. The largest absolute Gasteiger partial charge is 0.456 e. The number of rotatable bonds is 5. The summed E-state index contributed by atoms with van der Waals surface area (Å²) in [7, 11) is 0. The van der Waals surface area contributed by atoms with Crippen LogP contribution < -0.4 is 4.90 Å². The van der Waals surface area contributed by atoms with E-state index < -0.39 is 0 Å². The van der Waals surface area contributed by atoms with E-state index in [0.717, 1.165) is 67.1 Å². The highest BCUT2D eigenvalue weighted by atomic mass is 16.3. The molecular formula is C54H35NO2. The highest BCUT2D eigenvalue weighted by Gasteiger charge is 2.31. The molecular weight excluding hydrogens is 695 g/mol. The van der Waals surface area contributed by atoms with E-state index in [9.17, 15) is 0 Å². The molecule has 1 aliphatic rings. The zero-order valence-electron chi connectivity index (χ0n) is 31.0. The van der Waals surface area contributed by atoms with Crippen LogP contribution >= 0.6 is 0 Å². The topological polar surface area (TPSA) is 29.5 Å². The van der Waals surface area contributed by atoms with E-state index in [-0.39, 0.29) is 6.04 Å². The number of furan rings is 2. The van der Waals surface area contributed by atoms with Gasteiger partial charge in [0.25, 0.3) is 0 Å². The normalized spacial score (nSPS) is 14.5. The number of hydrogen-bond acceptors (Lipinski definition) is 3. The first-order chi connectivity index (χ1) is 28.3. The maximum atomic E-state index is 6.52. The molecule has 3 heteroatoms. The van der Waals surface area contributed by atoms with E-state index in [2.05, 4.69) is 187 Å². The van der Waals surface area contributed by atoms with Crippen LogP contribution in [0.25, 0.3) is 93.4 Å². The Bertz CT molecular complexity index is 3390. The van der Waals surface area contributed by atoms with E-state index in [4.69, 9.17) is 8.83 Å². The van der Waals surface area contributed by atoms with Crippen molar-refractivity contribution in [2.45, 2.75) is 12.5 Å². The molecule has 9 aromatic carbocycles. The summed E-state index contributed by atoms with van der Waals surface area (Å²) in [6.45, 7) is 0. The van der Waals surface area contributed by atoms with Gasteiger partial charge in [-0.25, -0.2) is 0 Å². The van der Waals surface area contributed by atoms with Crippen molar-refractivity contribution in [3.63, 3.8) is 0 Å². The van der Waals surface area contributed by atoms with Gasteiger partial charge in [0.15, 0.2) is 0 Å². The van der Waals surface area contributed by atoms with Crippen LogP contribution in [0.15, 0.2) is 203 Å². The zero-order chi connectivity index (χ0) is 37.5. The lowest BCUT2D eigenvalue weighted by atomic mass is 9.83. The van der Waals surface area contributed by atoms with E-state index in [1.54, 1.807) is 0 Å². The lowest BCUT2D eigenvalue weighted by Crippen LogP contribution is -2.22. The third kappa shape index (κ3) is 4.85. The monoisotopic (exact) mass is 729 g/mol. The fourth-order valence-corrected chi connectivity index (χ4v) is 9.60. The van der Waals surface area contributed by atoms with Gasteiger partial charge in [-0.15, -0.1) is 0 Å². The Kier molecular flexibility index (Phi) is 7.05. The third-order valence-electron chi connectivity index (χ3n) is 12.0. The summed E-state index contributed by atoms with van der Waals surface area (Å²) < 4.78 is 13.0. The predicted molar refractivity (Wildman–Crippen MR) is 238 cm³/mol. The molecule has 1 aliphatic heterocycles. The van der Waals surface area contributed by atoms with Crippen LogP contribution in [0.5, 0.6) is 0 Å². The zero-order valence-corrected chi connectivity index (χ0v) is 31.0. The van der Waals surface area contributed by atoms with Crippen molar-refractivity contribution >= 4 is 76.8 Å². The first kappa shape index (κ1) is 31.9. The van der Waals surface area contributed by atoms with Crippen molar-refractivity contribution in [1.82, 2.24) is 0 Å². The summed E-state index contributed by atoms with van der Waals surface area (Å²) in [5, 5.41) is 9.28. The minimum atomic E-state index is 0.148. The predicted octanol–water partition coefficient (Wildman–Crippen LogP) is 15.1. The molecule has 3 heterocycles. The van der Waals surface area contributed by atoms with Crippen molar-refractivity contribution < 1.29 is 8.83 Å². The van der Waals surface area contributed by atoms with Crippen molar-refractivity contribution in [1.29, 1.82) is 0 Å². The van der Waals surface area contributed by atoms with Crippen LogP contribution in [-0.4, -0.2) is 0 Å². The van der Waals surface area contributed by atoms with Gasteiger partial charge in [-0.2, -0.15) is 0 Å². The lowest BCUT2D eigenvalue weighted by molar-refractivity contribution is 0.668. The van der Waals surface area contributed by atoms with Crippen LogP contribution in [0.4, 0.5) is 5.69 Å². The number of nitrogens with zero attached hydrogens (tertiary/aromatic N) is 1. The molecule has 0 radical (unpaired) electrons. The number of para-hydroxylation sites is 2. The molecule has 3 nitrogen and oxygen atoms in total. The minimum absolute atomic E-state index is 0.148. The van der Waals surface area contributed by atoms with E-state index >= 15 is 0 Å². The van der Waals surface area contributed by atoms with Crippen molar-refractivity contribution in [3.05, 3.63) is 205 Å². The molecule has 0 fully saturated rings. The minimum Gasteiger partial charge on any atom is -0.456 e. The maximum absolute atomic E-state index is 6.52. The molecule has 0 bridgehead atoms. The highest BCUT2D eigenvalue weighted by molar-refractivity contribution is 6.28. The van der Waals surface area contributed by atoms with Crippen LogP contribution in [0.2, 0.25) is 0 Å². The van der Waals surface area contributed by atoms with Gasteiger partial charge in [0.05, 0.1) is 6.04 Å². The SMILES string of the molecule is C1=C(c2ccccc2)N(c2ccc3c(-c4cccc5oc6ccccc6c45)c4ccccc4c(-c4cccc5oc6ccccc6c45)c3c2)C(c2ccccc2)C1. The Morgan fingerprint density at radius 3 is 1.51 bits per heavy atom. The molecule has 0 saturated heterocycles. The molecule has 0 N–H and O–H groups in total. The van der Waals surface area contributed by atoms with E-state index in [1.807, 2.05) is 12.1 Å². The molecule has 12 rings (SSSR count). The molecule has 0 amide bonds. The highest BCUT2D eigenvalue weighted by Crippen LogP contribution is 2.51. The Balaban J connectivity index is 1.22. The van der Waals surface area contributed by atoms with Gasteiger partial charge < -0.3 is 13.7 Å². The van der Waals surface area contributed by atoms with Gasteiger partial charge in [-0.05, 0) is 97.7 Å². The van der Waals surface area contributed by atoms with Gasteiger partial charge >= 0.3 is 0 Å². The Morgan fingerprint density at radius 2 is 0.895 bits per heavy atom. The second-order valence-electron chi connectivity index (χ2n) is 15.1. The quantitative estimate of drug-likeness (QED) is 0.165. The number of hydrogen-bond donors (Lipinski definition) is 0. The second kappa shape index (κ2) is 12.6. The average molecular weight is 730 g/mol. The first-order valence-corrected chi connectivity index (χ1v) is 19.7. The van der Waals surface area contributed by atoms with Gasteiger partial charge in [-0.1, -0.05) is 158 Å². The van der Waals surface area contributed by atoms with Crippen molar-refractivity contribution in [3.8, 4) is 22.3 Å². The summed E-state index contributed by atoms with van der Waals surface area (Å²) in [6, 6.07) is 67.8. The fraction of sp³-hybridized carbons (Fsp3) is 0.0370. The molecule has 268 valence electrons. The number of anilines is 1. The third-order valence-corrected chi connectivity index (χ3v) is 12.0. The van der Waals surface area contributed by atoms with Gasteiger partial charge in [0.1, 0.15) is 22.3 Å². The van der Waals surface area contributed by atoms with Gasteiger partial charge in [0, 0.05) is 32.9 Å². The molecule has 0 aliphatic carbocycles. The first-order valence-electron chi connectivity index (χ1n) is 19.7. The fourth-order valence-electron chi connectivity index (χ4n) is 9.60. The van der Waals surface area contributed by atoms with E-state index in [0.29, 0.717) is 0 Å². The van der Waals surface area contributed by atoms with Crippen LogP contribution in [0, 0.1) is 0 Å². The molecule has 0 saturated carbocycles. The Morgan fingerprint density at radius 1 is 0.404 bits per heavy atom. The number of benzene rings is 9. The van der Waals surface area contributed by atoms with Gasteiger partial charge in [-0.3, -0.25) is 0 Å². The molecule has 11 aromatic rings. The van der Waals surface area contributed by atoms with Crippen molar-refractivity contribution in [2.75, 3.05) is 4.90 Å². The standard InChI is InChI=1S/C54H35NO2/c1-3-15-34(16-4-1)45-31-32-46(35-17-5-2-6-18-35)55(45)36-29-30-39-44(33-36)52(43-24-14-28-50-54(43)41-22-10-12-26-48(41)57-50)38-20-8-7-19-37(38)51(39)42-23-13-27-49-53(42)40-21-9-11-25-47(40)56-49/h1-31,33,46H,32H2. The Hall–Kier alpha value is -7.36. The van der Waals surface area contributed by atoms with Crippen LogP contribution in [0.1, 0.15) is 23.6 Å². The summed E-state index contributed by atoms with van der Waals surface area (Å²) >= 11 is 0. The number of fused-ring (bicyclic) bond motifs is 8. The summed E-state index contributed by atoms with van der Waals surface area (Å²) in [4.78, 5) is 2.56. The van der Waals surface area contributed by atoms with Crippen LogP contribution in [0.3, 0.4) is 0 Å². The van der Waals surface area contributed by atoms with Crippen LogP contribution in [-0.2, 0) is 0 Å². The lowest BCUT2D eigenvalue weighted by Gasteiger charge is -2.31. The molecule has 0 spiro atoms. The summed E-state index contributed by atoms with van der Waals surface area (Å²) in [5.41, 5.74) is 13.2. The average Bonchev–Trinajstić information content (AvgIpc) is 4.00. The smallest absolute Gasteiger partial charge is 0.136 e. The molecule has 57 heavy (non-hydrogen) atoms. The molecule has 2 aromatic heterocycles. The van der Waals surface area contributed by atoms with Crippen molar-refractivity contribution in [2.24, 2.45) is 0 Å². The maximum Gasteiger partial charge on any atom is 0.136 e. The second-order valence-corrected chi connectivity index (χ2v) is 15.1. The van der Waals surface area contributed by atoms with Gasteiger partial charge in [0.2, 0.25) is 0 Å².